The highest BCUT2D eigenvalue weighted by atomic mass is 16.5. The first-order chi connectivity index (χ1) is 13.1. The van der Waals surface area contributed by atoms with Crippen molar-refractivity contribution in [3.05, 3.63) is 48.9 Å². The average Bonchev–Trinajstić information content (AvgIpc) is 3.07. The molecule has 1 aromatic carbocycles. The second kappa shape index (κ2) is 9.02. The standard InChI is InChI=1S/C20H25N5O2/c1-15(2)13-25-12-7-16-17(25)5-3-6-18(16)27-14-19(26)21-10-11-24-20-22-8-4-9-23-20/h3-9,12,15H,10-11,13-14H2,1-2H3,(H,21,26)(H,22,23,24). The van der Waals surface area contributed by atoms with Crippen LogP contribution in [0, 0.1) is 5.92 Å². The maximum Gasteiger partial charge on any atom is 0.258 e. The summed E-state index contributed by atoms with van der Waals surface area (Å²) >= 11 is 0. The molecule has 27 heavy (non-hydrogen) atoms. The Morgan fingerprint density at radius 2 is 1.96 bits per heavy atom. The molecule has 2 N–H and O–H groups in total. The lowest BCUT2D eigenvalue weighted by Crippen LogP contribution is -2.32. The van der Waals surface area contributed by atoms with E-state index in [0.29, 0.717) is 25.0 Å². The van der Waals surface area contributed by atoms with E-state index in [1.165, 1.54) is 0 Å². The highest BCUT2D eigenvalue weighted by molar-refractivity contribution is 5.87. The Morgan fingerprint density at radius 1 is 1.15 bits per heavy atom. The number of anilines is 1. The average molecular weight is 367 g/mol. The zero-order chi connectivity index (χ0) is 19.1. The Labute approximate surface area is 158 Å². The molecule has 3 rings (SSSR count). The summed E-state index contributed by atoms with van der Waals surface area (Å²) < 4.78 is 7.96. The van der Waals surface area contributed by atoms with Crippen LogP contribution in [-0.4, -0.2) is 40.1 Å². The molecule has 2 aromatic heterocycles. The quantitative estimate of drug-likeness (QED) is 0.568. The minimum absolute atomic E-state index is 0.0175. The number of fused-ring (bicyclic) bond motifs is 1. The molecule has 0 saturated heterocycles. The third-order valence-electron chi connectivity index (χ3n) is 3.99. The Hall–Kier alpha value is -3.09. The number of nitrogens with zero attached hydrogens (tertiary/aromatic N) is 3. The summed E-state index contributed by atoms with van der Waals surface area (Å²) in [5.74, 6) is 1.66. The van der Waals surface area contributed by atoms with Gasteiger partial charge in [-0.05, 0) is 30.2 Å². The molecule has 0 spiro atoms. The number of carbonyl (C=O) groups is 1. The Bertz CT molecular complexity index is 876. The molecule has 0 saturated carbocycles. The molecule has 7 nitrogen and oxygen atoms in total. The van der Waals surface area contributed by atoms with Crippen LogP contribution in [0.5, 0.6) is 5.75 Å². The van der Waals surface area contributed by atoms with Crippen molar-refractivity contribution in [2.45, 2.75) is 20.4 Å². The lowest BCUT2D eigenvalue weighted by Gasteiger charge is -2.11. The number of nitrogens with one attached hydrogen (secondary N) is 2. The molecule has 1 amide bonds. The van der Waals surface area contributed by atoms with E-state index in [-0.39, 0.29) is 12.5 Å². The summed E-state index contributed by atoms with van der Waals surface area (Å²) in [6, 6.07) is 9.71. The fraction of sp³-hybridized carbons (Fsp3) is 0.350. The second-order valence-electron chi connectivity index (χ2n) is 6.69. The second-order valence-corrected chi connectivity index (χ2v) is 6.69. The van der Waals surface area contributed by atoms with E-state index in [1.54, 1.807) is 18.5 Å². The lowest BCUT2D eigenvalue weighted by molar-refractivity contribution is -0.122. The molecule has 0 aliphatic heterocycles. The minimum atomic E-state index is -0.163. The van der Waals surface area contributed by atoms with Crippen LogP contribution in [0.15, 0.2) is 48.9 Å². The summed E-state index contributed by atoms with van der Waals surface area (Å²) in [5, 5.41) is 6.87. The first-order valence-corrected chi connectivity index (χ1v) is 9.11. The van der Waals surface area contributed by atoms with Gasteiger partial charge in [-0.2, -0.15) is 0 Å². The van der Waals surface area contributed by atoms with Gasteiger partial charge in [0.25, 0.3) is 5.91 Å². The van der Waals surface area contributed by atoms with Gasteiger partial charge in [0.05, 0.1) is 5.52 Å². The van der Waals surface area contributed by atoms with Crippen LogP contribution in [-0.2, 0) is 11.3 Å². The van der Waals surface area contributed by atoms with Crippen LogP contribution >= 0.6 is 0 Å². The molecule has 142 valence electrons. The number of carbonyl (C=O) groups excluding carboxylic acids is 1. The van der Waals surface area contributed by atoms with E-state index in [0.717, 1.165) is 23.2 Å². The maximum atomic E-state index is 12.0. The van der Waals surface area contributed by atoms with Crippen LogP contribution < -0.4 is 15.4 Å². The van der Waals surface area contributed by atoms with Crippen LogP contribution in [0.25, 0.3) is 10.9 Å². The van der Waals surface area contributed by atoms with Gasteiger partial charge >= 0.3 is 0 Å². The largest absolute Gasteiger partial charge is 0.483 e. The van der Waals surface area contributed by atoms with Gasteiger partial charge in [0, 0.05) is 43.6 Å². The highest BCUT2D eigenvalue weighted by Gasteiger charge is 2.09. The molecule has 3 aromatic rings. The van der Waals surface area contributed by atoms with Crippen molar-refractivity contribution in [2.75, 3.05) is 25.0 Å². The summed E-state index contributed by atoms with van der Waals surface area (Å²) in [5.41, 5.74) is 1.12. The Balaban J connectivity index is 1.48. The molecular weight excluding hydrogens is 342 g/mol. The summed E-state index contributed by atoms with van der Waals surface area (Å²) in [7, 11) is 0. The molecule has 0 unspecified atom stereocenters. The van der Waals surface area contributed by atoms with Crippen molar-refractivity contribution < 1.29 is 9.53 Å². The van der Waals surface area contributed by atoms with Crippen molar-refractivity contribution in [3.8, 4) is 5.75 Å². The number of rotatable bonds is 9. The van der Waals surface area contributed by atoms with Gasteiger partial charge in [0.1, 0.15) is 5.75 Å². The summed E-state index contributed by atoms with van der Waals surface area (Å²) in [6.45, 7) is 6.32. The van der Waals surface area contributed by atoms with Crippen molar-refractivity contribution in [1.29, 1.82) is 0 Å². The van der Waals surface area contributed by atoms with Crippen LogP contribution in [0.4, 0.5) is 5.95 Å². The molecule has 0 aliphatic rings. The molecule has 0 fully saturated rings. The van der Waals surface area contributed by atoms with E-state index in [4.69, 9.17) is 4.74 Å². The smallest absolute Gasteiger partial charge is 0.258 e. The van der Waals surface area contributed by atoms with Gasteiger partial charge in [-0.3, -0.25) is 4.79 Å². The van der Waals surface area contributed by atoms with E-state index in [9.17, 15) is 4.79 Å². The van der Waals surface area contributed by atoms with E-state index >= 15 is 0 Å². The van der Waals surface area contributed by atoms with Crippen molar-refractivity contribution in [2.24, 2.45) is 5.92 Å². The van der Waals surface area contributed by atoms with Gasteiger partial charge in [-0.25, -0.2) is 9.97 Å². The van der Waals surface area contributed by atoms with Gasteiger partial charge in [-0.1, -0.05) is 19.9 Å². The fourth-order valence-electron chi connectivity index (χ4n) is 2.83. The molecule has 2 heterocycles. The molecule has 0 atom stereocenters. The van der Waals surface area contributed by atoms with Gasteiger partial charge in [0.2, 0.25) is 5.95 Å². The van der Waals surface area contributed by atoms with Crippen molar-refractivity contribution in [3.63, 3.8) is 0 Å². The number of aromatic nitrogens is 3. The normalized spacial score (nSPS) is 10.9. The monoisotopic (exact) mass is 367 g/mol. The van der Waals surface area contributed by atoms with Gasteiger partial charge in [-0.15, -0.1) is 0 Å². The molecule has 7 heteroatoms. The van der Waals surface area contributed by atoms with Gasteiger partial charge < -0.3 is 19.9 Å². The SMILES string of the molecule is CC(C)Cn1ccc2c(OCC(=O)NCCNc3ncccn3)cccc21. The summed E-state index contributed by atoms with van der Waals surface area (Å²) in [6.07, 6.45) is 5.39. The lowest BCUT2D eigenvalue weighted by atomic mass is 10.2. The Morgan fingerprint density at radius 3 is 2.74 bits per heavy atom. The predicted molar refractivity (Wildman–Crippen MR) is 106 cm³/mol. The third-order valence-corrected chi connectivity index (χ3v) is 3.99. The predicted octanol–water partition coefficient (Wildman–Crippen LogP) is 2.69. The topological polar surface area (TPSA) is 81.1 Å². The number of ether oxygens (including phenoxy) is 1. The maximum absolute atomic E-state index is 12.0. The number of hydrogen-bond acceptors (Lipinski definition) is 5. The molecule has 0 aliphatic carbocycles. The third kappa shape index (κ3) is 5.20. The van der Waals surface area contributed by atoms with Gasteiger partial charge in [0.15, 0.2) is 6.61 Å². The zero-order valence-electron chi connectivity index (χ0n) is 15.7. The van der Waals surface area contributed by atoms with E-state index < -0.39 is 0 Å². The van der Waals surface area contributed by atoms with E-state index in [2.05, 4.69) is 51.3 Å². The van der Waals surface area contributed by atoms with Crippen molar-refractivity contribution >= 4 is 22.8 Å². The first kappa shape index (κ1) is 18.7. The zero-order valence-corrected chi connectivity index (χ0v) is 15.7. The number of amides is 1. The van der Waals surface area contributed by atoms with E-state index in [1.807, 2.05) is 18.2 Å². The van der Waals surface area contributed by atoms with Crippen LogP contribution in [0.1, 0.15) is 13.8 Å². The molecule has 0 radical (unpaired) electrons. The number of hydrogen-bond donors (Lipinski definition) is 2. The minimum Gasteiger partial charge on any atom is -0.483 e. The fourth-order valence-corrected chi connectivity index (χ4v) is 2.83. The van der Waals surface area contributed by atoms with Crippen molar-refractivity contribution in [1.82, 2.24) is 19.9 Å². The van der Waals surface area contributed by atoms with Crippen LogP contribution in [0.3, 0.4) is 0 Å². The Kier molecular flexibility index (Phi) is 6.25. The molecule has 0 bridgehead atoms. The summed E-state index contributed by atoms with van der Waals surface area (Å²) in [4.78, 5) is 20.1. The van der Waals surface area contributed by atoms with Crippen LogP contribution in [0.2, 0.25) is 0 Å². The molecular formula is C20H25N5O2. The highest BCUT2D eigenvalue weighted by Crippen LogP contribution is 2.27. The number of benzene rings is 1. The first-order valence-electron chi connectivity index (χ1n) is 9.11.